The topological polar surface area (TPSA) is 57.4 Å². The Balaban J connectivity index is 1.73. The molecular weight excluding hydrogens is 284 g/mol. The summed E-state index contributed by atoms with van der Waals surface area (Å²) in [5, 5.41) is 0.940. The molecule has 1 heterocycles. The van der Waals surface area contributed by atoms with Crippen LogP contribution in [0, 0.1) is 0 Å². The molecule has 0 atom stereocenters. The molecule has 2 aromatic carbocycles. The van der Waals surface area contributed by atoms with E-state index in [2.05, 4.69) is 4.98 Å². The van der Waals surface area contributed by atoms with Gasteiger partial charge < -0.3 is 15.2 Å². The van der Waals surface area contributed by atoms with Gasteiger partial charge in [0.2, 0.25) is 0 Å². The van der Waals surface area contributed by atoms with Crippen molar-refractivity contribution in [1.29, 1.82) is 0 Å². The van der Waals surface area contributed by atoms with Crippen LogP contribution in [0.4, 0.5) is 5.69 Å². The Morgan fingerprint density at radius 3 is 2.57 bits per heavy atom. The molecule has 0 aliphatic rings. The van der Waals surface area contributed by atoms with Crippen molar-refractivity contribution in [3.63, 3.8) is 0 Å². The van der Waals surface area contributed by atoms with Crippen LogP contribution in [-0.2, 0) is 6.61 Å². The smallest absolute Gasteiger partial charge is 0.140 e. The van der Waals surface area contributed by atoms with Gasteiger partial charge in [-0.2, -0.15) is 0 Å². The second kappa shape index (κ2) is 6.01. The number of nitrogens with zero attached hydrogens (tertiary/aromatic N) is 1. The fraction of sp³-hybridized carbons (Fsp3) is 0.188. The van der Waals surface area contributed by atoms with E-state index in [0.717, 1.165) is 32.4 Å². The van der Waals surface area contributed by atoms with Gasteiger partial charge in [0.1, 0.15) is 23.1 Å². The van der Waals surface area contributed by atoms with Gasteiger partial charge in [-0.1, -0.05) is 0 Å². The number of hydrogen-bond acceptors (Lipinski definition) is 5. The van der Waals surface area contributed by atoms with E-state index in [1.807, 2.05) is 49.4 Å². The zero-order valence-corrected chi connectivity index (χ0v) is 12.5. The maximum absolute atomic E-state index is 5.72. The van der Waals surface area contributed by atoms with Gasteiger partial charge in [0, 0.05) is 5.69 Å². The lowest BCUT2D eigenvalue weighted by Crippen LogP contribution is -1.94. The number of fused-ring (bicyclic) bond motifs is 1. The minimum absolute atomic E-state index is 0.452. The molecule has 0 saturated heterocycles. The summed E-state index contributed by atoms with van der Waals surface area (Å²) in [6, 6.07) is 13.3. The molecule has 0 amide bonds. The highest BCUT2D eigenvalue weighted by atomic mass is 32.1. The number of aromatic nitrogens is 1. The van der Waals surface area contributed by atoms with Crippen molar-refractivity contribution >= 4 is 27.2 Å². The van der Waals surface area contributed by atoms with Crippen LogP contribution >= 0.6 is 11.3 Å². The largest absolute Gasteiger partial charge is 0.494 e. The Kier molecular flexibility index (Phi) is 3.92. The van der Waals surface area contributed by atoms with Gasteiger partial charge in [-0.25, -0.2) is 4.98 Å². The average molecular weight is 300 g/mol. The van der Waals surface area contributed by atoms with E-state index < -0.39 is 0 Å². The van der Waals surface area contributed by atoms with Crippen molar-refractivity contribution in [2.75, 3.05) is 12.3 Å². The van der Waals surface area contributed by atoms with E-state index in [0.29, 0.717) is 13.2 Å². The van der Waals surface area contributed by atoms with Gasteiger partial charge in [0.15, 0.2) is 0 Å². The molecule has 0 aliphatic carbocycles. The van der Waals surface area contributed by atoms with Gasteiger partial charge >= 0.3 is 0 Å². The second-order valence-corrected chi connectivity index (χ2v) is 5.64. The van der Waals surface area contributed by atoms with E-state index >= 15 is 0 Å². The summed E-state index contributed by atoms with van der Waals surface area (Å²) >= 11 is 1.62. The van der Waals surface area contributed by atoms with Crippen LogP contribution in [0.25, 0.3) is 10.2 Å². The first-order valence-electron chi connectivity index (χ1n) is 6.75. The Morgan fingerprint density at radius 1 is 1.05 bits per heavy atom. The molecule has 108 valence electrons. The molecule has 0 radical (unpaired) electrons. The quantitative estimate of drug-likeness (QED) is 0.727. The molecule has 4 nitrogen and oxygen atoms in total. The standard InChI is InChI=1S/C16H16N2O2S/c1-2-19-13-7-8-14-15(9-13)21-16(18-14)10-20-12-5-3-11(17)4-6-12/h3-9H,2,10,17H2,1H3. The van der Waals surface area contributed by atoms with Crippen LogP contribution in [0.2, 0.25) is 0 Å². The summed E-state index contributed by atoms with van der Waals surface area (Å²) in [5.41, 5.74) is 7.35. The van der Waals surface area contributed by atoms with Crippen LogP contribution in [0.15, 0.2) is 42.5 Å². The highest BCUT2D eigenvalue weighted by Gasteiger charge is 2.06. The van der Waals surface area contributed by atoms with Gasteiger partial charge in [0.25, 0.3) is 0 Å². The first-order valence-corrected chi connectivity index (χ1v) is 7.57. The van der Waals surface area contributed by atoms with E-state index in [9.17, 15) is 0 Å². The molecular formula is C16H16N2O2S. The van der Waals surface area contributed by atoms with Crippen LogP contribution < -0.4 is 15.2 Å². The number of hydrogen-bond donors (Lipinski definition) is 1. The van der Waals surface area contributed by atoms with Gasteiger partial charge in [-0.15, -0.1) is 11.3 Å². The van der Waals surface area contributed by atoms with Crippen LogP contribution in [-0.4, -0.2) is 11.6 Å². The van der Waals surface area contributed by atoms with E-state index in [1.165, 1.54) is 0 Å². The van der Waals surface area contributed by atoms with Crippen molar-refractivity contribution in [2.45, 2.75) is 13.5 Å². The Bertz CT molecular complexity index is 738. The molecule has 0 spiro atoms. The lowest BCUT2D eigenvalue weighted by atomic mass is 10.3. The number of ether oxygens (including phenoxy) is 2. The van der Waals surface area contributed by atoms with Crippen molar-refractivity contribution in [2.24, 2.45) is 0 Å². The Morgan fingerprint density at radius 2 is 1.81 bits per heavy atom. The Hall–Kier alpha value is -2.27. The molecule has 1 aromatic heterocycles. The van der Waals surface area contributed by atoms with Crippen molar-refractivity contribution in [1.82, 2.24) is 4.98 Å². The predicted molar refractivity (Wildman–Crippen MR) is 86.0 cm³/mol. The number of rotatable bonds is 5. The second-order valence-electron chi connectivity index (χ2n) is 4.53. The summed E-state index contributed by atoms with van der Waals surface area (Å²) in [7, 11) is 0. The predicted octanol–water partition coefficient (Wildman–Crippen LogP) is 3.86. The van der Waals surface area contributed by atoms with Gasteiger partial charge in [0.05, 0.1) is 16.8 Å². The summed E-state index contributed by atoms with van der Waals surface area (Å²) in [6.45, 7) is 3.09. The number of anilines is 1. The van der Waals surface area contributed by atoms with E-state index in [-0.39, 0.29) is 0 Å². The van der Waals surface area contributed by atoms with Gasteiger partial charge in [-0.3, -0.25) is 0 Å². The molecule has 2 N–H and O–H groups in total. The third-order valence-corrected chi connectivity index (χ3v) is 3.95. The fourth-order valence-corrected chi connectivity index (χ4v) is 2.89. The first kappa shape index (κ1) is 13.7. The molecule has 0 fully saturated rings. The average Bonchev–Trinajstić information content (AvgIpc) is 2.89. The minimum Gasteiger partial charge on any atom is -0.494 e. The number of nitrogen functional groups attached to an aromatic ring is 1. The summed E-state index contributed by atoms with van der Waals surface area (Å²) in [6.07, 6.45) is 0. The van der Waals surface area contributed by atoms with Gasteiger partial charge in [-0.05, 0) is 49.4 Å². The van der Waals surface area contributed by atoms with E-state index in [1.54, 1.807) is 11.3 Å². The molecule has 0 aliphatic heterocycles. The number of thiazole rings is 1. The third kappa shape index (κ3) is 3.25. The molecule has 5 heteroatoms. The molecule has 3 aromatic rings. The number of benzene rings is 2. The third-order valence-electron chi connectivity index (χ3n) is 2.96. The lowest BCUT2D eigenvalue weighted by molar-refractivity contribution is 0.306. The highest BCUT2D eigenvalue weighted by Crippen LogP contribution is 2.27. The highest BCUT2D eigenvalue weighted by molar-refractivity contribution is 7.18. The summed E-state index contributed by atoms with van der Waals surface area (Å²) in [5.74, 6) is 1.66. The van der Waals surface area contributed by atoms with Crippen LogP contribution in [0.3, 0.4) is 0 Å². The zero-order chi connectivity index (χ0) is 14.7. The van der Waals surface area contributed by atoms with Crippen LogP contribution in [0.5, 0.6) is 11.5 Å². The summed E-state index contributed by atoms with van der Waals surface area (Å²) < 4.78 is 12.3. The summed E-state index contributed by atoms with van der Waals surface area (Å²) in [4.78, 5) is 4.56. The first-order chi connectivity index (χ1) is 10.2. The van der Waals surface area contributed by atoms with E-state index in [4.69, 9.17) is 15.2 Å². The minimum atomic E-state index is 0.452. The molecule has 0 saturated carbocycles. The Labute approximate surface area is 127 Å². The monoisotopic (exact) mass is 300 g/mol. The van der Waals surface area contributed by atoms with Crippen molar-refractivity contribution in [3.05, 3.63) is 47.5 Å². The SMILES string of the molecule is CCOc1ccc2nc(COc3ccc(N)cc3)sc2c1. The maximum atomic E-state index is 5.72. The number of nitrogens with two attached hydrogens (primary N) is 1. The lowest BCUT2D eigenvalue weighted by Gasteiger charge is -2.03. The molecule has 3 rings (SSSR count). The maximum Gasteiger partial charge on any atom is 0.140 e. The molecule has 0 unspecified atom stereocenters. The fourth-order valence-electron chi connectivity index (χ4n) is 1.98. The molecule has 0 bridgehead atoms. The molecule has 21 heavy (non-hydrogen) atoms. The van der Waals surface area contributed by atoms with Crippen LogP contribution in [0.1, 0.15) is 11.9 Å². The normalized spacial score (nSPS) is 10.7. The zero-order valence-electron chi connectivity index (χ0n) is 11.7. The van der Waals surface area contributed by atoms with Crippen molar-refractivity contribution < 1.29 is 9.47 Å². The van der Waals surface area contributed by atoms with Crippen molar-refractivity contribution in [3.8, 4) is 11.5 Å².